The molecule has 0 saturated carbocycles. The highest BCUT2D eigenvalue weighted by Crippen LogP contribution is 2.34. The highest BCUT2D eigenvalue weighted by atomic mass is 32.2. The van der Waals surface area contributed by atoms with Gasteiger partial charge in [0, 0.05) is 12.1 Å². The van der Waals surface area contributed by atoms with Crippen molar-refractivity contribution in [2.24, 2.45) is 5.73 Å². The zero-order chi connectivity index (χ0) is 15.5. The van der Waals surface area contributed by atoms with E-state index in [9.17, 15) is 13.2 Å². The number of cyclic esters (lactones) is 1. The number of carbonyl (C=O) groups excluding carboxylic acids is 1. The van der Waals surface area contributed by atoms with Gasteiger partial charge in [0.25, 0.3) is 10.1 Å². The van der Waals surface area contributed by atoms with Gasteiger partial charge in [0.1, 0.15) is 6.10 Å². The van der Waals surface area contributed by atoms with Crippen LogP contribution in [0.3, 0.4) is 0 Å². The van der Waals surface area contributed by atoms with Gasteiger partial charge in [-0.3, -0.25) is 4.18 Å². The van der Waals surface area contributed by atoms with Gasteiger partial charge in [-0.15, -0.1) is 0 Å². The SMILES string of the molecule is CC(CCC1OC(=O)c2ccccc21)OS(=O)(=O)CCN. The van der Waals surface area contributed by atoms with Crippen LogP contribution in [0.1, 0.15) is 41.8 Å². The molecule has 0 bridgehead atoms. The third-order valence-electron chi connectivity index (χ3n) is 3.29. The third kappa shape index (κ3) is 4.03. The lowest BCUT2D eigenvalue weighted by molar-refractivity contribution is 0.0341. The van der Waals surface area contributed by atoms with E-state index in [1.165, 1.54) is 0 Å². The summed E-state index contributed by atoms with van der Waals surface area (Å²) in [4.78, 5) is 11.7. The average molecular weight is 313 g/mol. The number of hydrogen-bond acceptors (Lipinski definition) is 6. The molecule has 0 amide bonds. The van der Waals surface area contributed by atoms with Gasteiger partial charge in [0.15, 0.2) is 0 Å². The molecule has 1 aliphatic rings. The van der Waals surface area contributed by atoms with Gasteiger partial charge in [-0.2, -0.15) is 8.42 Å². The number of hydrogen-bond donors (Lipinski definition) is 1. The normalized spacial score (nSPS) is 19.1. The Balaban J connectivity index is 1.91. The van der Waals surface area contributed by atoms with Gasteiger partial charge in [0.05, 0.1) is 17.4 Å². The molecule has 0 saturated heterocycles. The van der Waals surface area contributed by atoms with Crippen LogP contribution in [0.25, 0.3) is 0 Å². The van der Waals surface area contributed by atoms with Crippen molar-refractivity contribution in [3.63, 3.8) is 0 Å². The molecule has 2 N–H and O–H groups in total. The summed E-state index contributed by atoms with van der Waals surface area (Å²) in [5.74, 6) is -0.529. The number of carbonyl (C=O) groups is 1. The van der Waals surface area contributed by atoms with Crippen LogP contribution in [-0.2, 0) is 19.0 Å². The first-order valence-corrected chi connectivity index (χ1v) is 8.41. The van der Waals surface area contributed by atoms with Gasteiger partial charge >= 0.3 is 5.97 Å². The molecule has 0 spiro atoms. The monoisotopic (exact) mass is 313 g/mol. The van der Waals surface area contributed by atoms with Crippen molar-refractivity contribution in [3.8, 4) is 0 Å². The summed E-state index contributed by atoms with van der Waals surface area (Å²) in [6.07, 6.45) is 0.169. The Hall–Kier alpha value is -1.44. The Morgan fingerprint density at radius 3 is 2.81 bits per heavy atom. The first-order valence-electron chi connectivity index (χ1n) is 6.84. The molecule has 1 heterocycles. The summed E-state index contributed by atoms with van der Waals surface area (Å²) in [5.41, 5.74) is 6.64. The van der Waals surface area contributed by atoms with Gasteiger partial charge in [-0.05, 0) is 25.8 Å². The van der Waals surface area contributed by atoms with Crippen molar-refractivity contribution in [2.75, 3.05) is 12.3 Å². The first kappa shape index (κ1) is 15.9. The van der Waals surface area contributed by atoms with E-state index < -0.39 is 16.2 Å². The minimum absolute atomic E-state index is 0.0304. The minimum atomic E-state index is -3.58. The van der Waals surface area contributed by atoms with Crippen LogP contribution < -0.4 is 5.73 Å². The molecule has 1 aliphatic heterocycles. The molecule has 2 unspecified atom stereocenters. The second-order valence-corrected chi connectivity index (χ2v) is 6.73. The van der Waals surface area contributed by atoms with E-state index in [-0.39, 0.29) is 24.4 Å². The molecule has 1 aromatic carbocycles. The van der Waals surface area contributed by atoms with Crippen molar-refractivity contribution in [1.29, 1.82) is 0 Å². The Bertz CT molecular complexity index is 614. The first-order chi connectivity index (χ1) is 9.93. The van der Waals surface area contributed by atoms with Crippen molar-refractivity contribution >= 4 is 16.1 Å². The quantitative estimate of drug-likeness (QED) is 0.603. The molecule has 0 fully saturated rings. The molecule has 7 heteroatoms. The van der Waals surface area contributed by atoms with Crippen molar-refractivity contribution in [3.05, 3.63) is 35.4 Å². The van der Waals surface area contributed by atoms with E-state index in [0.29, 0.717) is 18.4 Å². The second kappa shape index (κ2) is 6.55. The smallest absolute Gasteiger partial charge is 0.339 e. The fourth-order valence-electron chi connectivity index (χ4n) is 2.31. The van der Waals surface area contributed by atoms with Crippen LogP contribution in [-0.4, -0.2) is 32.8 Å². The standard InChI is InChI=1S/C14H19NO5S/c1-10(20-21(17,18)9-8-15)6-7-13-11-4-2-3-5-12(11)14(16)19-13/h2-5,10,13H,6-9,15H2,1H3. The molecular weight excluding hydrogens is 294 g/mol. The molecule has 0 radical (unpaired) electrons. The lowest BCUT2D eigenvalue weighted by Gasteiger charge is -2.15. The number of rotatable bonds is 7. The highest BCUT2D eigenvalue weighted by molar-refractivity contribution is 7.86. The summed E-state index contributed by atoms with van der Waals surface area (Å²) in [7, 11) is -3.58. The highest BCUT2D eigenvalue weighted by Gasteiger charge is 2.30. The molecule has 6 nitrogen and oxygen atoms in total. The summed E-state index contributed by atoms with van der Waals surface area (Å²) in [6, 6.07) is 7.21. The van der Waals surface area contributed by atoms with E-state index in [4.69, 9.17) is 14.7 Å². The third-order valence-corrected chi connectivity index (χ3v) is 4.65. The maximum atomic E-state index is 11.7. The van der Waals surface area contributed by atoms with E-state index >= 15 is 0 Å². The Labute approximate surface area is 124 Å². The van der Waals surface area contributed by atoms with Gasteiger partial charge in [-0.25, -0.2) is 4.79 Å². The fraction of sp³-hybridized carbons (Fsp3) is 0.500. The van der Waals surface area contributed by atoms with Crippen LogP contribution in [0.5, 0.6) is 0 Å². The average Bonchev–Trinajstić information content (AvgIpc) is 2.73. The largest absolute Gasteiger partial charge is 0.454 e. The van der Waals surface area contributed by atoms with Gasteiger partial charge < -0.3 is 10.5 Å². The lowest BCUT2D eigenvalue weighted by Crippen LogP contribution is -2.22. The molecule has 116 valence electrons. The number of fused-ring (bicyclic) bond motifs is 1. The van der Waals surface area contributed by atoms with Crippen molar-refractivity contribution in [2.45, 2.75) is 32.0 Å². The number of benzene rings is 1. The molecular formula is C14H19NO5S. The Morgan fingerprint density at radius 1 is 1.38 bits per heavy atom. The van der Waals surface area contributed by atoms with E-state index in [1.807, 2.05) is 12.1 Å². The van der Waals surface area contributed by atoms with Crippen molar-refractivity contribution in [1.82, 2.24) is 0 Å². The van der Waals surface area contributed by atoms with Gasteiger partial charge in [0.2, 0.25) is 0 Å². The topological polar surface area (TPSA) is 95.7 Å². The number of nitrogens with two attached hydrogens (primary N) is 1. The second-order valence-electron chi connectivity index (χ2n) is 5.02. The maximum Gasteiger partial charge on any atom is 0.339 e. The Kier molecular flexibility index (Phi) is 4.97. The lowest BCUT2D eigenvalue weighted by atomic mass is 10.0. The zero-order valence-corrected chi connectivity index (χ0v) is 12.6. The molecule has 1 aromatic rings. The van der Waals surface area contributed by atoms with E-state index in [2.05, 4.69) is 0 Å². The predicted molar refractivity (Wildman–Crippen MR) is 77.2 cm³/mol. The van der Waals surface area contributed by atoms with Crippen LogP contribution in [0.2, 0.25) is 0 Å². The molecule has 2 atom stereocenters. The van der Waals surface area contributed by atoms with Crippen LogP contribution in [0, 0.1) is 0 Å². The maximum absolute atomic E-state index is 11.7. The number of ether oxygens (including phenoxy) is 1. The molecule has 0 aromatic heterocycles. The summed E-state index contributed by atoms with van der Waals surface area (Å²) in [6.45, 7) is 1.71. The summed E-state index contributed by atoms with van der Waals surface area (Å²) < 4.78 is 33.3. The molecule has 0 aliphatic carbocycles. The fourth-order valence-corrected chi connectivity index (χ4v) is 3.29. The van der Waals surface area contributed by atoms with Crippen LogP contribution in [0.4, 0.5) is 0 Å². The van der Waals surface area contributed by atoms with Crippen LogP contribution >= 0.6 is 0 Å². The summed E-state index contributed by atoms with van der Waals surface area (Å²) in [5, 5.41) is 0. The van der Waals surface area contributed by atoms with E-state index in [1.54, 1.807) is 19.1 Å². The summed E-state index contributed by atoms with van der Waals surface area (Å²) >= 11 is 0. The van der Waals surface area contributed by atoms with E-state index in [0.717, 1.165) is 5.56 Å². The zero-order valence-electron chi connectivity index (χ0n) is 11.8. The van der Waals surface area contributed by atoms with Gasteiger partial charge in [-0.1, -0.05) is 18.2 Å². The number of esters is 1. The molecule has 2 rings (SSSR count). The van der Waals surface area contributed by atoms with Crippen LogP contribution in [0.15, 0.2) is 24.3 Å². The van der Waals surface area contributed by atoms with Crippen molar-refractivity contribution < 1.29 is 22.1 Å². The predicted octanol–water partition coefficient (Wildman–Crippen LogP) is 1.37. The minimum Gasteiger partial charge on any atom is -0.454 e. The Morgan fingerprint density at radius 2 is 2.10 bits per heavy atom. The molecule has 21 heavy (non-hydrogen) atoms.